The van der Waals surface area contributed by atoms with Crippen LogP contribution in [0.4, 0.5) is 0 Å². The van der Waals surface area contributed by atoms with Crippen LogP contribution >= 0.6 is 11.6 Å². The second kappa shape index (κ2) is 5.57. The van der Waals surface area contributed by atoms with Crippen molar-refractivity contribution in [3.05, 3.63) is 0 Å². The lowest BCUT2D eigenvalue weighted by Gasteiger charge is -2.38. The molecule has 2 saturated carbocycles. The van der Waals surface area contributed by atoms with Crippen LogP contribution in [0.25, 0.3) is 0 Å². The molecule has 0 aliphatic heterocycles. The summed E-state index contributed by atoms with van der Waals surface area (Å²) in [6.07, 6.45) is 12.9. The summed E-state index contributed by atoms with van der Waals surface area (Å²) in [6.45, 7) is 2.40. The molecule has 2 rings (SSSR count). The molecule has 0 aromatic carbocycles. The van der Waals surface area contributed by atoms with Gasteiger partial charge in [-0.1, -0.05) is 51.9 Å². The van der Waals surface area contributed by atoms with Gasteiger partial charge >= 0.3 is 0 Å². The molecule has 1 heteroatoms. The van der Waals surface area contributed by atoms with Crippen molar-refractivity contribution >= 4 is 11.6 Å². The van der Waals surface area contributed by atoms with Crippen molar-refractivity contribution < 1.29 is 0 Å². The third-order valence-corrected chi connectivity index (χ3v) is 5.38. The van der Waals surface area contributed by atoms with Crippen LogP contribution < -0.4 is 0 Å². The Morgan fingerprint density at radius 3 is 2.13 bits per heavy atom. The van der Waals surface area contributed by atoms with E-state index in [2.05, 4.69) is 6.92 Å². The smallest absolute Gasteiger partial charge is 0.0364 e. The van der Waals surface area contributed by atoms with Crippen molar-refractivity contribution in [2.24, 2.45) is 17.8 Å². The predicted octanol–water partition coefficient (Wildman–Crippen LogP) is 5.00. The Balaban J connectivity index is 1.94. The van der Waals surface area contributed by atoms with Crippen molar-refractivity contribution in [1.82, 2.24) is 0 Å². The summed E-state index contributed by atoms with van der Waals surface area (Å²) < 4.78 is 0. The molecule has 2 fully saturated rings. The van der Waals surface area contributed by atoms with Crippen LogP contribution in [0.2, 0.25) is 0 Å². The Morgan fingerprint density at radius 1 is 0.800 bits per heavy atom. The molecule has 3 atom stereocenters. The standard InChI is InChI=1S/C14H25Cl/c1-11-13(9-6-10-14(11)15)12-7-4-2-3-5-8-12/h11-14H,2-10H2,1H3. The van der Waals surface area contributed by atoms with Crippen molar-refractivity contribution in [3.8, 4) is 0 Å². The number of hydrogen-bond donors (Lipinski definition) is 0. The van der Waals surface area contributed by atoms with E-state index in [1.807, 2.05) is 0 Å². The highest BCUT2D eigenvalue weighted by atomic mass is 35.5. The van der Waals surface area contributed by atoms with Gasteiger partial charge in [-0.15, -0.1) is 11.6 Å². The molecular weight excluding hydrogens is 204 g/mol. The molecule has 0 saturated heterocycles. The van der Waals surface area contributed by atoms with E-state index in [0.717, 1.165) is 17.8 Å². The number of halogens is 1. The zero-order valence-electron chi connectivity index (χ0n) is 10.1. The molecule has 88 valence electrons. The van der Waals surface area contributed by atoms with Crippen LogP contribution in [0, 0.1) is 17.8 Å². The zero-order valence-corrected chi connectivity index (χ0v) is 10.8. The third kappa shape index (κ3) is 2.90. The Bertz CT molecular complexity index is 182. The van der Waals surface area contributed by atoms with Gasteiger partial charge in [0.15, 0.2) is 0 Å². The molecule has 2 aliphatic rings. The first-order chi connectivity index (χ1) is 7.29. The summed E-state index contributed by atoms with van der Waals surface area (Å²) in [5.74, 6) is 2.71. The van der Waals surface area contributed by atoms with E-state index in [-0.39, 0.29) is 0 Å². The lowest BCUT2D eigenvalue weighted by molar-refractivity contribution is 0.163. The lowest BCUT2D eigenvalue weighted by Crippen LogP contribution is -2.31. The maximum Gasteiger partial charge on any atom is 0.0364 e. The highest BCUT2D eigenvalue weighted by Gasteiger charge is 2.33. The highest BCUT2D eigenvalue weighted by Crippen LogP contribution is 2.42. The summed E-state index contributed by atoms with van der Waals surface area (Å²) in [4.78, 5) is 0. The second-order valence-corrected chi connectivity index (χ2v) is 6.28. The van der Waals surface area contributed by atoms with Crippen molar-refractivity contribution in [1.29, 1.82) is 0 Å². The van der Waals surface area contributed by atoms with E-state index in [4.69, 9.17) is 11.6 Å². The summed E-state index contributed by atoms with van der Waals surface area (Å²) in [6, 6.07) is 0. The van der Waals surface area contributed by atoms with Gasteiger partial charge in [0.1, 0.15) is 0 Å². The zero-order chi connectivity index (χ0) is 10.7. The highest BCUT2D eigenvalue weighted by molar-refractivity contribution is 6.20. The molecule has 0 N–H and O–H groups in total. The van der Waals surface area contributed by atoms with Crippen LogP contribution in [0.1, 0.15) is 64.7 Å². The van der Waals surface area contributed by atoms with Gasteiger partial charge in [0, 0.05) is 5.38 Å². The van der Waals surface area contributed by atoms with E-state index in [9.17, 15) is 0 Å². The average molecular weight is 229 g/mol. The fourth-order valence-corrected chi connectivity index (χ4v) is 4.09. The van der Waals surface area contributed by atoms with Crippen LogP contribution in [0.3, 0.4) is 0 Å². The van der Waals surface area contributed by atoms with Gasteiger partial charge in [-0.05, 0) is 30.6 Å². The number of hydrogen-bond acceptors (Lipinski definition) is 0. The first-order valence-corrected chi connectivity index (χ1v) is 7.36. The third-order valence-electron chi connectivity index (χ3n) is 4.77. The lowest BCUT2D eigenvalue weighted by atomic mass is 9.71. The SMILES string of the molecule is CC1C(Cl)CCCC1C1CCCCCC1. The van der Waals surface area contributed by atoms with Gasteiger partial charge in [0.2, 0.25) is 0 Å². The molecule has 3 unspecified atom stereocenters. The minimum atomic E-state index is 0.465. The molecule has 0 heterocycles. The van der Waals surface area contributed by atoms with E-state index in [1.54, 1.807) is 0 Å². The quantitative estimate of drug-likeness (QED) is 0.438. The largest absolute Gasteiger partial charge is 0.123 e. The maximum absolute atomic E-state index is 6.42. The van der Waals surface area contributed by atoms with Gasteiger partial charge in [0.25, 0.3) is 0 Å². The second-order valence-electron chi connectivity index (χ2n) is 5.72. The van der Waals surface area contributed by atoms with Crippen molar-refractivity contribution in [2.45, 2.75) is 70.1 Å². The van der Waals surface area contributed by atoms with Gasteiger partial charge in [-0.3, -0.25) is 0 Å². The minimum Gasteiger partial charge on any atom is -0.123 e. The summed E-state index contributed by atoms with van der Waals surface area (Å²) >= 11 is 6.42. The molecule has 0 aromatic rings. The Labute approximate surface area is 99.8 Å². The topological polar surface area (TPSA) is 0 Å². The van der Waals surface area contributed by atoms with Gasteiger partial charge in [0.05, 0.1) is 0 Å². The molecule has 15 heavy (non-hydrogen) atoms. The van der Waals surface area contributed by atoms with E-state index in [0.29, 0.717) is 5.38 Å². The Kier molecular flexibility index (Phi) is 4.37. The van der Waals surface area contributed by atoms with Crippen LogP contribution in [0.15, 0.2) is 0 Å². The fourth-order valence-electron chi connectivity index (χ4n) is 3.75. The molecule has 2 aliphatic carbocycles. The van der Waals surface area contributed by atoms with Crippen LogP contribution in [0.5, 0.6) is 0 Å². The van der Waals surface area contributed by atoms with Gasteiger partial charge in [-0.2, -0.15) is 0 Å². The minimum absolute atomic E-state index is 0.465. The molecule has 0 aromatic heterocycles. The van der Waals surface area contributed by atoms with Gasteiger partial charge in [-0.25, -0.2) is 0 Å². The van der Waals surface area contributed by atoms with E-state index >= 15 is 0 Å². The number of rotatable bonds is 1. The Hall–Kier alpha value is 0.290. The summed E-state index contributed by atoms with van der Waals surface area (Å²) in [7, 11) is 0. The van der Waals surface area contributed by atoms with E-state index in [1.165, 1.54) is 57.8 Å². The number of alkyl halides is 1. The van der Waals surface area contributed by atoms with Gasteiger partial charge < -0.3 is 0 Å². The molecule has 0 bridgehead atoms. The average Bonchev–Trinajstić information content (AvgIpc) is 2.50. The fraction of sp³-hybridized carbons (Fsp3) is 1.00. The Morgan fingerprint density at radius 2 is 1.47 bits per heavy atom. The maximum atomic E-state index is 6.42. The summed E-state index contributed by atoms with van der Waals surface area (Å²) in [5, 5.41) is 0.465. The molecule has 0 spiro atoms. The molecule has 0 radical (unpaired) electrons. The predicted molar refractivity (Wildman–Crippen MR) is 67.3 cm³/mol. The first kappa shape index (κ1) is 11.8. The normalized spacial score (nSPS) is 40.0. The first-order valence-electron chi connectivity index (χ1n) is 6.93. The van der Waals surface area contributed by atoms with E-state index < -0.39 is 0 Å². The molecular formula is C14H25Cl. The van der Waals surface area contributed by atoms with Crippen LogP contribution in [-0.2, 0) is 0 Å². The van der Waals surface area contributed by atoms with Crippen molar-refractivity contribution in [2.75, 3.05) is 0 Å². The summed E-state index contributed by atoms with van der Waals surface area (Å²) in [5.41, 5.74) is 0. The van der Waals surface area contributed by atoms with Crippen LogP contribution in [-0.4, -0.2) is 5.38 Å². The monoisotopic (exact) mass is 228 g/mol. The molecule has 0 amide bonds. The van der Waals surface area contributed by atoms with Crippen molar-refractivity contribution in [3.63, 3.8) is 0 Å². The molecule has 0 nitrogen and oxygen atoms in total.